The predicted octanol–water partition coefficient (Wildman–Crippen LogP) is 33.2. The van der Waals surface area contributed by atoms with E-state index in [4.69, 9.17) is 0 Å². The van der Waals surface area contributed by atoms with Crippen molar-refractivity contribution in [1.82, 2.24) is 0 Å². The number of nitrogens with zero attached hydrogens (tertiary/aromatic N) is 4. The number of benzene rings is 20. The van der Waals surface area contributed by atoms with Crippen molar-refractivity contribution in [3.05, 3.63) is 449 Å². The minimum Gasteiger partial charge on any atom is -0.309 e. The molecule has 22 aromatic rings. The molecule has 0 bridgehead atoms. The Bertz CT molecular complexity index is 7560. The summed E-state index contributed by atoms with van der Waals surface area (Å²) in [5.74, 6) is 0. The van der Waals surface area contributed by atoms with Gasteiger partial charge >= 0.3 is 0 Å². The van der Waals surface area contributed by atoms with Crippen molar-refractivity contribution in [1.29, 1.82) is 0 Å². The summed E-state index contributed by atoms with van der Waals surface area (Å²) in [6, 6.07) is 165. The molecule has 0 atom stereocenters. The van der Waals surface area contributed by atoms with Gasteiger partial charge in [0.15, 0.2) is 0 Å². The molecule has 0 unspecified atom stereocenters. The maximum Gasteiger partial charge on any atom is 0.0647 e. The Labute approximate surface area is 693 Å². The summed E-state index contributed by atoms with van der Waals surface area (Å²) in [4.78, 5) is 10.0. The Morgan fingerprint density at radius 3 is 0.822 bits per heavy atom. The maximum atomic E-state index is 2.54. The van der Waals surface area contributed by atoms with Gasteiger partial charge in [-0.25, -0.2) is 0 Å². The standard InChI is InChI=1S/C112H74N4S2/c1-8-36-75(37-9-1)78-46-34-56-89(68-78)113(85-48-14-4-15-49-85)101-71-80-42-22-26-61-94(80)105-106-95-62-27-23-43-81(95)72-102(110(106)117-109(101)105)114(86-50-16-5-17-51-86)90-57-35-47-79(69-90)91-58-30-31-59-92(91)84-66-67-100(98(70-84)77-40-12-3-13-41-77)116(88-54-20-7-21-55-88)104-74-83-45-25-29-64-97(83)108-107-96-63-28-24-44-82(96)73-103(111(107)118-112(104)108)115(87-52-18-6-19-53-87)99-65-33-32-60-93(99)76-38-10-2-11-39-76/h1-74H. The summed E-state index contributed by atoms with van der Waals surface area (Å²) in [5.41, 5.74) is 24.4. The van der Waals surface area contributed by atoms with Crippen LogP contribution in [0.1, 0.15) is 0 Å². The fourth-order valence-corrected chi connectivity index (χ4v) is 20.7. The zero-order chi connectivity index (χ0) is 78.0. The van der Waals surface area contributed by atoms with Crippen molar-refractivity contribution in [2.75, 3.05) is 19.6 Å². The average molecular weight is 1540 g/mol. The third-order valence-electron chi connectivity index (χ3n) is 23.3. The van der Waals surface area contributed by atoms with Crippen LogP contribution < -0.4 is 19.6 Å². The molecule has 0 aliphatic heterocycles. The lowest BCUT2D eigenvalue weighted by Gasteiger charge is -2.29. The van der Waals surface area contributed by atoms with E-state index in [1.165, 1.54) is 83.6 Å². The quantitative estimate of drug-likeness (QED) is 0.0901. The number of fused-ring (bicyclic) bond motifs is 14. The van der Waals surface area contributed by atoms with Crippen LogP contribution in [0, 0.1) is 0 Å². The smallest absolute Gasteiger partial charge is 0.0647 e. The first-order chi connectivity index (χ1) is 58.6. The van der Waals surface area contributed by atoms with Crippen molar-refractivity contribution in [2.45, 2.75) is 0 Å². The minimum absolute atomic E-state index is 1.05. The number of anilines is 12. The molecule has 0 fully saturated rings. The Kier molecular flexibility index (Phi) is 17.6. The Morgan fingerprint density at radius 1 is 0.144 bits per heavy atom. The highest BCUT2D eigenvalue weighted by atomic mass is 32.1. The highest BCUT2D eigenvalue weighted by Gasteiger charge is 2.31. The largest absolute Gasteiger partial charge is 0.309 e. The van der Waals surface area contributed by atoms with E-state index in [0.717, 1.165) is 124 Å². The molecule has 6 heteroatoms. The monoisotopic (exact) mass is 1540 g/mol. The lowest BCUT2D eigenvalue weighted by Crippen LogP contribution is -2.11. The van der Waals surface area contributed by atoms with Gasteiger partial charge in [0.1, 0.15) is 0 Å². The molecule has 0 saturated heterocycles. The Balaban J connectivity index is 0.726. The first-order valence-corrected chi connectivity index (χ1v) is 41.9. The molecule has 0 saturated carbocycles. The van der Waals surface area contributed by atoms with E-state index in [0.29, 0.717) is 0 Å². The van der Waals surface area contributed by atoms with Crippen LogP contribution in [0.5, 0.6) is 0 Å². The van der Waals surface area contributed by atoms with Crippen LogP contribution in [0.25, 0.3) is 139 Å². The van der Waals surface area contributed by atoms with E-state index in [9.17, 15) is 0 Å². The molecular weight excluding hydrogens is 1470 g/mol. The molecule has 0 aliphatic carbocycles. The lowest BCUT2D eigenvalue weighted by atomic mass is 9.91. The number of thiophene rings is 2. The van der Waals surface area contributed by atoms with Gasteiger partial charge in [0.2, 0.25) is 0 Å². The molecule has 554 valence electrons. The van der Waals surface area contributed by atoms with Gasteiger partial charge in [-0.3, -0.25) is 0 Å². The summed E-state index contributed by atoms with van der Waals surface area (Å²) in [7, 11) is 0. The van der Waals surface area contributed by atoms with Crippen molar-refractivity contribution in [2.24, 2.45) is 0 Å². The Hall–Kier alpha value is -14.9. The van der Waals surface area contributed by atoms with Gasteiger partial charge in [0.25, 0.3) is 0 Å². The normalized spacial score (nSPS) is 11.6. The van der Waals surface area contributed by atoms with Crippen LogP contribution in [-0.4, -0.2) is 0 Å². The van der Waals surface area contributed by atoms with Gasteiger partial charge in [-0.15, -0.1) is 22.7 Å². The van der Waals surface area contributed by atoms with E-state index < -0.39 is 0 Å². The fourth-order valence-electron chi connectivity index (χ4n) is 18.0. The van der Waals surface area contributed by atoms with E-state index in [1.54, 1.807) is 0 Å². The molecule has 2 heterocycles. The van der Waals surface area contributed by atoms with Crippen LogP contribution in [0.4, 0.5) is 68.2 Å². The SMILES string of the molecule is c1ccc(-c2cccc(N(c3ccccc3)c3cc4ccccc4c4c3sc3c(N(c5ccccc5)c5cccc(-c6ccccc6-c6ccc(N(c7ccccc7)c7cc8ccccc8c8c7sc7c(N(c9ccccc9)c9ccccc9-c9ccccc9)cc9ccccc9c78)c(-c7ccccc7)c6)c5)cc5ccccc5c34)c2)cc1. The molecular formula is C112H74N4S2. The van der Waals surface area contributed by atoms with E-state index >= 15 is 0 Å². The number of rotatable bonds is 17. The zero-order valence-electron chi connectivity index (χ0n) is 64.3. The van der Waals surface area contributed by atoms with Gasteiger partial charge in [0.05, 0.1) is 52.9 Å². The minimum atomic E-state index is 1.05. The molecule has 0 aliphatic rings. The molecule has 118 heavy (non-hydrogen) atoms. The zero-order valence-corrected chi connectivity index (χ0v) is 66.0. The van der Waals surface area contributed by atoms with Gasteiger partial charge in [0, 0.05) is 66.8 Å². The second-order valence-corrected chi connectivity index (χ2v) is 32.2. The maximum absolute atomic E-state index is 2.54. The van der Waals surface area contributed by atoms with Crippen LogP contribution in [0.3, 0.4) is 0 Å². The van der Waals surface area contributed by atoms with Crippen molar-refractivity contribution in [3.63, 3.8) is 0 Å². The highest BCUT2D eigenvalue weighted by Crippen LogP contribution is 2.58. The first-order valence-electron chi connectivity index (χ1n) is 40.3. The molecule has 0 radical (unpaired) electrons. The second kappa shape index (κ2) is 29.8. The highest BCUT2D eigenvalue weighted by molar-refractivity contribution is 7.28. The van der Waals surface area contributed by atoms with Gasteiger partial charge in [-0.1, -0.05) is 334 Å². The average Bonchev–Trinajstić information content (AvgIpc) is 1.54. The van der Waals surface area contributed by atoms with Gasteiger partial charge in [-0.05, 0) is 203 Å². The molecule has 20 aromatic carbocycles. The summed E-state index contributed by atoms with van der Waals surface area (Å²) >= 11 is 3.79. The van der Waals surface area contributed by atoms with Crippen molar-refractivity contribution < 1.29 is 0 Å². The lowest BCUT2D eigenvalue weighted by molar-refractivity contribution is 1.30. The van der Waals surface area contributed by atoms with Crippen LogP contribution in [-0.2, 0) is 0 Å². The van der Waals surface area contributed by atoms with Crippen molar-refractivity contribution in [3.8, 4) is 55.6 Å². The summed E-state index contributed by atoms with van der Waals surface area (Å²) in [5, 5.41) is 14.5. The topological polar surface area (TPSA) is 13.0 Å². The molecule has 4 nitrogen and oxygen atoms in total. The number of para-hydroxylation sites is 5. The third kappa shape index (κ3) is 12.2. The summed E-state index contributed by atoms with van der Waals surface area (Å²) < 4.78 is 4.82. The van der Waals surface area contributed by atoms with Crippen LogP contribution in [0.2, 0.25) is 0 Å². The third-order valence-corrected chi connectivity index (χ3v) is 25.7. The summed E-state index contributed by atoms with van der Waals surface area (Å²) in [6.45, 7) is 0. The van der Waals surface area contributed by atoms with Gasteiger partial charge < -0.3 is 19.6 Å². The molecule has 0 N–H and O–H groups in total. The van der Waals surface area contributed by atoms with Crippen molar-refractivity contribution >= 4 is 174 Å². The van der Waals surface area contributed by atoms with E-state index in [2.05, 4.69) is 469 Å². The predicted molar refractivity (Wildman–Crippen MR) is 508 cm³/mol. The van der Waals surface area contributed by atoms with E-state index in [-0.39, 0.29) is 0 Å². The second-order valence-electron chi connectivity index (χ2n) is 30.2. The number of hydrogen-bond acceptors (Lipinski definition) is 6. The fraction of sp³-hybridized carbons (Fsp3) is 0. The molecule has 22 rings (SSSR count). The van der Waals surface area contributed by atoms with Crippen LogP contribution >= 0.6 is 22.7 Å². The molecule has 2 aromatic heterocycles. The summed E-state index contributed by atoms with van der Waals surface area (Å²) in [6.07, 6.45) is 0. The van der Waals surface area contributed by atoms with E-state index in [1.807, 2.05) is 22.7 Å². The first kappa shape index (κ1) is 69.8. The Morgan fingerprint density at radius 2 is 0.415 bits per heavy atom. The van der Waals surface area contributed by atoms with Crippen LogP contribution in [0.15, 0.2) is 449 Å². The molecule has 0 amide bonds. The number of hydrogen-bond donors (Lipinski definition) is 0. The van der Waals surface area contributed by atoms with Gasteiger partial charge in [-0.2, -0.15) is 0 Å². The molecule has 0 spiro atoms.